The number of rotatable bonds is 1. The minimum absolute atomic E-state index is 0.0679. The van der Waals surface area contributed by atoms with E-state index in [0.717, 1.165) is 23.7 Å². The highest BCUT2D eigenvalue weighted by molar-refractivity contribution is 5.89. The Hall–Kier alpha value is -1.71. The second-order valence-corrected chi connectivity index (χ2v) is 3.17. The third kappa shape index (κ3) is 1.79. The van der Waals surface area contributed by atoms with Crippen molar-refractivity contribution in [1.82, 2.24) is 0 Å². The van der Waals surface area contributed by atoms with E-state index in [4.69, 9.17) is 4.74 Å². The molecule has 1 amide bonds. The molecule has 0 saturated heterocycles. The molecule has 0 bridgehead atoms. The summed E-state index contributed by atoms with van der Waals surface area (Å²) in [6, 6.07) is 5.55. The van der Waals surface area contributed by atoms with Crippen LogP contribution in [0.5, 0.6) is 5.75 Å². The lowest BCUT2D eigenvalue weighted by Crippen LogP contribution is -2.18. The molecule has 14 heavy (non-hydrogen) atoms. The Balaban J connectivity index is 2.24. The number of hydrogen-bond donors (Lipinski definition) is 2. The molecule has 0 fully saturated rings. The van der Waals surface area contributed by atoms with Crippen molar-refractivity contribution in [2.45, 2.75) is 6.92 Å². The number of amides is 1. The Labute approximate surface area is 82.3 Å². The molecule has 1 aliphatic heterocycles. The molecule has 2 N–H and O–H groups in total. The van der Waals surface area contributed by atoms with Crippen molar-refractivity contribution in [3.63, 3.8) is 0 Å². The van der Waals surface area contributed by atoms with Gasteiger partial charge in [-0.05, 0) is 18.2 Å². The van der Waals surface area contributed by atoms with Crippen LogP contribution in [0.1, 0.15) is 6.92 Å². The molecule has 1 heterocycles. The normalized spacial score (nSPS) is 13.5. The van der Waals surface area contributed by atoms with Gasteiger partial charge in [0, 0.05) is 19.2 Å². The van der Waals surface area contributed by atoms with Gasteiger partial charge in [-0.15, -0.1) is 0 Å². The molecular formula is C10H12N2O2. The van der Waals surface area contributed by atoms with E-state index in [1.807, 2.05) is 18.2 Å². The van der Waals surface area contributed by atoms with Crippen molar-refractivity contribution in [3.8, 4) is 5.75 Å². The van der Waals surface area contributed by atoms with Crippen LogP contribution in [-0.4, -0.2) is 19.1 Å². The Morgan fingerprint density at radius 3 is 3.21 bits per heavy atom. The van der Waals surface area contributed by atoms with Gasteiger partial charge in [0.25, 0.3) is 0 Å². The lowest BCUT2D eigenvalue weighted by atomic mass is 10.2. The third-order valence-electron chi connectivity index (χ3n) is 1.98. The number of nitrogens with one attached hydrogen (secondary N) is 2. The summed E-state index contributed by atoms with van der Waals surface area (Å²) in [5.74, 6) is 0.770. The van der Waals surface area contributed by atoms with Crippen molar-refractivity contribution in [3.05, 3.63) is 18.2 Å². The maximum atomic E-state index is 10.8. The van der Waals surface area contributed by atoms with Crippen LogP contribution in [0.2, 0.25) is 0 Å². The van der Waals surface area contributed by atoms with E-state index in [9.17, 15) is 4.79 Å². The Morgan fingerprint density at radius 1 is 1.57 bits per heavy atom. The van der Waals surface area contributed by atoms with Crippen molar-refractivity contribution < 1.29 is 9.53 Å². The van der Waals surface area contributed by atoms with E-state index in [2.05, 4.69) is 10.6 Å². The largest absolute Gasteiger partial charge is 0.490 e. The topological polar surface area (TPSA) is 50.4 Å². The quantitative estimate of drug-likeness (QED) is 0.708. The van der Waals surface area contributed by atoms with E-state index in [0.29, 0.717) is 6.61 Å². The fourth-order valence-corrected chi connectivity index (χ4v) is 1.42. The van der Waals surface area contributed by atoms with Crippen LogP contribution in [0.25, 0.3) is 0 Å². The highest BCUT2D eigenvalue weighted by Crippen LogP contribution is 2.29. The summed E-state index contributed by atoms with van der Waals surface area (Å²) < 4.78 is 5.41. The molecule has 1 aliphatic rings. The molecule has 0 aliphatic carbocycles. The van der Waals surface area contributed by atoms with E-state index < -0.39 is 0 Å². The van der Waals surface area contributed by atoms with Crippen LogP contribution in [-0.2, 0) is 4.79 Å². The number of hydrogen-bond acceptors (Lipinski definition) is 3. The third-order valence-corrected chi connectivity index (χ3v) is 1.98. The van der Waals surface area contributed by atoms with Gasteiger partial charge in [-0.2, -0.15) is 0 Å². The summed E-state index contributed by atoms with van der Waals surface area (Å²) in [6.45, 7) is 2.98. The summed E-state index contributed by atoms with van der Waals surface area (Å²) >= 11 is 0. The summed E-state index contributed by atoms with van der Waals surface area (Å²) in [5.41, 5.74) is 1.72. The first-order valence-corrected chi connectivity index (χ1v) is 4.54. The van der Waals surface area contributed by atoms with Crippen LogP contribution in [0.15, 0.2) is 18.2 Å². The van der Waals surface area contributed by atoms with Gasteiger partial charge in [0.2, 0.25) is 5.91 Å². The predicted molar refractivity (Wildman–Crippen MR) is 54.7 cm³/mol. The predicted octanol–water partition coefficient (Wildman–Crippen LogP) is 1.45. The fourth-order valence-electron chi connectivity index (χ4n) is 1.42. The van der Waals surface area contributed by atoms with E-state index in [1.54, 1.807) is 0 Å². The first kappa shape index (κ1) is 8.87. The molecule has 0 spiro atoms. The minimum atomic E-state index is -0.0679. The van der Waals surface area contributed by atoms with E-state index in [1.165, 1.54) is 6.92 Å². The molecule has 0 aromatic heterocycles. The number of carbonyl (C=O) groups is 1. The zero-order valence-corrected chi connectivity index (χ0v) is 7.96. The smallest absolute Gasteiger partial charge is 0.221 e. The molecule has 1 aromatic rings. The molecule has 4 nitrogen and oxygen atoms in total. The van der Waals surface area contributed by atoms with Crippen molar-refractivity contribution in [2.24, 2.45) is 0 Å². The molecule has 0 atom stereocenters. The number of anilines is 2. The van der Waals surface area contributed by atoms with E-state index >= 15 is 0 Å². The van der Waals surface area contributed by atoms with Crippen LogP contribution < -0.4 is 15.4 Å². The van der Waals surface area contributed by atoms with Crippen molar-refractivity contribution in [1.29, 1.82) is 0 Å². The standard InChI is InChI=1S/C10H12N2O2/c1-7(13)12-8-2-3-10-9(6-8)11-4-5-14-10/h2-3,6,11H,4-5H2,1H3,(H,12,13). The van der Waals surface area contributed by atoms with Crippen molar-refractivity contribution in [2.75, 3.05) is 23.8 Å². The number of fused-ring (bicyclic) bond motifs is 1. The number of benzene rings is 1. The summed E-state index contributed by atoms with van der Waals surface area (Å²) in [6.07, 6.45) is 0. The van der Waals surface area contributed by atoms with Crippen molar-refractivity contribution >= 4 is 17.3 Å². The molecule has 2 rings (SSSR count). The van der Waals surface area contributed by atoms with Gasteiger partial charge < -0.3 is 15.4 Å². The molecule has 4 heteroatoms. The maximum absolute atomic E-state index is 10.8. The molecule has 1 aromatic carbocycles. The first-order chi connectivity index (χ1) is 6.75. The van der Waals surface area contributed by atoms with Gasteiger partial charge >= 0.3 is 0 Å². The molecule has 0 radical (unpaired) electrons. The lowest BCUT2D eigenvalue weighted by molar-refractivity contribution is -0.114. The van der Waals surface area contributed by atoms with Crippen LogP contribution in [0.4, 0.5) is 11.4 Å². The Bertz CT molecular complexity index is 363. The molecule has 0 unspecified atom stereocenters. The van der Waals surface area contributed by atoms with Gasteiger partial charge in [-0.25, -0.2) is 0 Å². The zero-order valence-electron chi connectivity index (χ0n) is 7.96. The molecule has 0 saturated carbocycles. The minimum Gasteiger partial charge on any atom is -0.490 e. The average molecular weight is 192 g/mol. The zero-order chi connectivity index (χ0) is 9.97. The summed E-state index contributed by atoms with van der Waals surface area (Å²) in [7, 11) is 0. The average Bonchev–Trinajstić information content (AvgIpc) is 2.17. The van der Waals surface area contributed by atoms with Crippen LogP contribution >= 0.6 is 0 Å². The Kier molecular flexibility index (Phi) is 2.26. The second kappa shape index (κ2) is 3.57. The summed E-state index contributed by atoms with van der Waals surface area (Å²) in [5, 5.41) is 5.92. The van der Waals surface area contributed by atoms with Gasteiger partial charge in [0.05, 0.1) is 5.69 Å². The highest BCUT2D eigenvalue weighted by Gasteiger charge is 2.09. The lowest BCUT2D eigenvalue weighted by Gasteiger charge is -2.19. The van der Waals surface area contributed by atoms with Crippen LogP contribution in [0.3, 0.4) is 0 Å². The fraction of sp³-hybridized carbons (Fsp3) is 0.300. The molecule has 74 valence electrons. The highest BCUT2D eigenvalue weighted by atomic mass is 16.5. The maximum Gasteiger partial charge on any atom is 0.221 e. The molecular weight excluding hydrogens is 180 g/mol. The van der Waals surface area contributed by atoms with Gasteiger partial charge in [-0.3, -0.25) is 4.79 Å². The first-order valence-electron chi connectivity index (χ1n) is 4.54. The van der Waals surface area contributed by atoms with Gasteiger partial charge in [-0.1, -0.05) is 0 Å². The summed E-state index contributed by atoms with van der Waals surface area (Å²) in [4.78, 5) is 10.8. The second-order valence-electron chi connectivity index (χ2n) is 3.17. The number of ether oxygens (including phenoxy) is 1. The number of carbonyl (C=O) groups excluding carboxylic acids is 1. The van der Waals surface area contributed by atoms with Crippen LogP contribution in [0, 0.1) is 0 Å². The van der Waals surface area contributed by atoms with E-state index in [-0.39, 0.29) is 5.91 Å². The monoisotopic (exact) mass is 192 g/mol. The Morgan fingerprint density at radius 2 is 2.43 bits per heavy atom. The van der Waals surface area contributed by atoms with Gasteiger partial charge in [0.1, 0.15) is 12.4 Å². The SMILES string of the molecule is CC(=O)Nc1ccc2c(c1)NCCO2. The van der Waals surface area contributed by atoms with Gasteiger partial charge in [0.15, 0.2) is 0 Å².